The first-order valence-corrected chi connectivity index (χ1v) is 9.77. The smallest absolute Gasteiger partial charge is 0.224 e. The van der Waals surface area contributed by atoms with Gasteiger partial charge in [-0.15, -0.1) is 0 Å². The van der Waals surface area contributed by atoms with E-state index in [-0.39, 0.29) is 5.91 Å². The highest BCUT2D eigenvalue weighted by molar-refractivity contribution is 5.95. The molecule has 4 nitrogen and oxygen atoms in total. The first kappa shape index (κ1) is 17.3. The first-order valence-electron chi connectivity index (χ1n) is 9.77. The molecule has 138 valence electrons. The number of amides is 1. The summed E-state index contributed by atoms with van der Waals surface area (Å²) in [5.74, 6) is 0.865. The van der Waals surface area contributed by atoms with E-state index >= 15 is 0 Å². The fourth-order valence-electron chi connectivity index (χ4n) is 4.55. The lowest BCUT2D eigenvalue weighted by Crippen LogP contribution is -2.30. The van der Waals surface area contributed by atoms with Gasteiger partial charge in [0.1, 0.15) is 6.23 Å². The maximum Gasteiger partial charge on any atom is 0.224 e. The largest absolute Gasteiger partial charge is 0.370 e. The van der Waals surface area contributed by atoms with E-state index in [2.05, 4.69) is 23.5 Å². The van der Waals surface area contributed by atoms with Crippen LogP contribution in [0, 0.1) is 5.92 Å². The molecule has 2 aliphatic heterocycles. The average Bonchev–Trinajstić information content (AvgIpc) is 3.12. The van der Waals surface area contributed by atoms with Crippen LogP contribution in [0.15, 0.2) is 30.0 Å². The average molecular weight is 352 g/mol. The molecule has 26 heavy (non-hydrogen) atoms. The zero-order valence-electron chi connectivity index (χ0n) is 15.7. The minimum Gasteiger partial charge on any atom is -0.370 e. The van der Waals surface area contributed by atoms with Crippen LogP contribution >= 0.6 is 0 Å². The summed E-state index contributed by atoms with van der Waals surface area (Å²) in [6, 6.07) is 4.47. The monoisotopic (exact) mass is 352 g/mol. The van der Waals surface area contributed by atoms with Crippen molar-refractivity contribution in [3.63, 3.8) is 0 Å². The fourth-order valence-corrected chi connectivity index (χ4v) is 4.55. The molecule has 2 heterocycles. The Balaban J connectivity index is 1.74. The van der Waals surface area contributed by atoms with Gasteiger partial charge in [-0.2, -0.15) is 0 Å². The molecule has 3 aliphatic rings. The SMILES string of the molecule is CC1=CC(c2cc3c(c(CC4CCCC4)c2)NC(=O)CC3)=CN(C)C1O. The Morgan fingerprint density at radius 3 is 2.73 bits per heavy atom. The van der Waals surface area contributed by atoms with Gasteiger partial charge in [-0.3, -0.25) is 4.79 Å². The standard InChI is InChI=1S/C22H28N2O2/c1-14-9-19(13-24(2)22(14)26)17-11-16-7-8-20(25)23-21(16)18(12-17)10-15-5-3-4-6-15/h9,11-13,15,22,26H,3-8,10H2,1-2H3,(H,23,25). The number of rotatable bonds is 3. The molecular formula is C22H28N2O2. The molecule has 0 saturated heterocycles. The third-order valence-electron chi connectivity index (χ3n) is 6.02. The van der Waals surface area contributed by atoms with Crippen LogP contribution in [0.25, 0.3) is 5.57 Å². The maximum absolute atomic E-state index is 12.0. The summed E-state index contributed by atoms with van der Waals surface area (Å²) < 4.78 is 0. The van der Waals surface area contributed by atoms with Gasteiger partial charge in [0, 0.05) is 25.4 Å². The molecule has 4 heteroatoms. The van der Waals surface area contributed by atoms with Crippen LogP contribution in [-0.4, -0.2) is 29.2 Å². The topological polar surface area (TPSA) is 52.6 Å². The zero-order valence-corrected chi connectivity index (χ0v) is 15.7. The maximum atomic E-state index is 12.0. The molecule has 0 aromatic heterocycles. The molecule has 1 atom stereocenters. The van der Waals surface area contributed by atoms with Crippen LogP contribution < -0.4 is 5.32 Å². The number of allylic oxidation sites excluding steroid dienone is 2. The Kier molecular flexibility index (Phi) is 4.62. The molecule has 1 saturated carbocycles. The number of aliphatic hydroxyl groups excluding tert-OH is 1. The lowest BCUT2D eigenvalue weighted by atomic mass is 9.88. The summed E-state index contributed by atoms with van der Waals surface area (Å²) in [7, 11) is 1.90. The minimum atomic E-state index is -0.548. The molecule has 2 N–H and O–H groups in total. The highest BCUT2D eigenvalue weighted by atomic mass is 16.3. The summed E-state index contributed by atoms with van der Waals surface area (Å²) in [6.45, 7) is 1.96. The van der Waals surface area contributed by atoms with E-state index in [1.807, 2.05) is 25.1 Å². The predicted molar refractivity (Wildman–Crippen MR) is 105 cm³/mol. The molecule has 0 spiro atoms. The first-order chi connectivity index (χ1) is 12.5. The van der Waals surface area contributed by atoms with Crippen molar-refractivity contribution in [3.05, 3.63) is 46.7 Å². The van der Waals surface area contributed by atoms with E-state index in [0.717, 1.165) is 35.6 Å². The number of nitrogens with zero attached hydrogens (tertiary/aromatic N) is 1. The van der Waals surface area contributed by atoms with E-state index in [4.69, 9.17) is 0 Å². The zero-order chi connectivity index (χ0) is 18.3. The number of benzene rings is 1. The third kappa shape index (κ3) is 3.30. The molecule has 1 amide bonds. The van der Waals surface area contributed by atoms with E-state index in [0.29, 0.717) is 6.42 Å². The van der Waals surface area contributed by atoms with Gasteiger partial charge in [0.2, 0.25) is 5.91 Å². The normalized spacial score (nSPS) is 23.4. The van der Waals surface area contributed by atoms with Crippen molar-refractivity contribution in [2.45, 2.75) is 58.1 Å². The van der Waals surface area contributed by atoms with Crippen LogP contribution in [-0.2, 0) is 17.6 Å². The van der Waals surface area contributed by atoms with Crippen molar-refractivity contribution < 1.29 is 9.90 Å². The molecule has 1 fully saturated rings. The molecular weight excluding hydrogens is 324 g/mol. The van der Waals surface area contributed by atoms with Crippen LogP contribution in [0.2, 0.25) is 0 Å². The van der Waals surface area contributed by atoms with Gasteiger partial charge >= 0.3 is 0 Å². The Bertz CT molecular complexity index is 788. The second-order valence-electron chi connectivity index (χ2n) is 8.08. The molecule has 1 unspecified atom stereocenters. The number of aryl methyl sites for hydroxylation is 1. The Morgan fingerprint density at radius 2 is 2.00 bits per heavy atom. The third-order valence-corrected chi connectivity index (χ3v) is 6.02. The fraction of sp³-hybridized carbons (Fsp3) is 0.500. The van der Waals surface area contributed by atoms with Gasteiger partial charge in [-0.1, -0.05) is 25.7 Å². The number of hydrogen-bond acceptors (Lipinski definition) is 3. The van der Waals surface area contributed by atoms with Gasteiger partial charge in [0.15, 0.2) is 0 Å². The summed E-state index contributed by atoms with van der Waals surface area (Å²) in [5.41, 5.74) is 6.85. The van der Waals surface area contributed by atoms with Crippen molar-refractivity contribution in [2.24, 2.45) is 5.92 Å². The number of carbonyl (C=O) groups is 1. The van der Waals surface area contributed by atoms with E-state index < -0.39 is 6.23 Å². The van der Waals surface area contributed by atoms with E-state index in [1.165, 1.54) is 42.4 Å². The quantitative estimate of drug-likeness (QED) is 0.869. The number of carbonyl (C=O) groups excluding carboxylic acids is 1. The Labute approximate surface area is 155 Å². The summed E-state index contributed by atoms with van der Waals surface area (Å²) >= 11 is 0. The molecule has 1 aromatic carbocycles. The number of anilines is 1. The Hall–Kier alpha value is -2.07. The van der Waals surface area contributed by atoms with Crippen LogP contribution in [0.5, 0.6) is 0 Å². The lowest BCUT2D eigenvalue weighted by molar-refractivity contribution is -0.116. The molecule has 1 aliphatic carbocycles. The van der Waals surface area contributed by atoms with Gasteiger partial charge in [0.25, 0.3) is 0 Å². The van der Waals surface area contributed by atoms with Crippen LogP contribution in [0.4, 0.5) is 5.69 Å². The second-order valence-corrected chi connectivity index (χ2v) is 8.08. The van der Waals surface area contributed by atoms with Gasteiger partial charge in [-0.25, -0.2) is 0 Å². The Morgan fingerprint density at radius 1 is 1.23 bits per heavy atom. The highest BCUT2D eigenvalue weighted by Gasteiger charge is 2.24. The number of fused-ring (bicyclic) bond motifs is 1. The van der Waals surface area contributed by atoms with Crippen LogP contribution in [0.3, 0.4) is 0 Å². The van der Waals surface area contributed by atoms with Gasteiger partial charge < -0.3 is 15.3 Å². The van der Waals surface area contributed by atoms with Crippen molar-refractivity contribution in [1.29, 1.82) is 0 Å². The van der Waals surface area contributed by atoms with Crippen molar-refractivity contribution in [2.75, 3.05) is 12.4 Å². The molecule has 4 rings (SSSR count). The highest BCUT2D eigenvalue weighted by Crippen LogP contribution is 2.37. The second kappa shape index (κ2) is 6.92. The summed E-state index contributed by atoms with van der Waals surface area (Å²) in [4.78, 5) is 13.8. The predicted octanol–water partition coefficient (Wildman–Crippen LogP) is 3.86. The van der Waals surface area contributed by atoms with Crippen molar-refractivity contribution >= 4 is 17.2 Å². The van der Waals surface area contributed by atoms with Crippen LogP contribution in [0.1, 0.15) is 55.7 Å². The minimum absolute atomic E-state index is 0.133. The molecule has 0 radical (unpaired) electrons. The molecule has 0 bridgehead atoms. The summed E-state index contributed by atoms with van der Waals surface area (Å²) in [6.07, 6.45) is 11.2. The van der Waals surface area contributed by atoms with Gasteiger partial charge in [0.05, 0.1) is 0 Å². The van der Waals surface area contributed by atoms with E-state index in [9.17, 15) is 9.90 Å². The summed E-state index contributed by atoms with van der Waals surface area (Å²) in [5, 5.41) is 13.3. The van der Waals surface area contributed by atoms with Crippen molar-refractivity contribution in [1.82, 2.24) is 4.90 Å². The lowest BCUT2D eigenvalue weighted by Gasteiger charge is -2.29. The number of likely N-dealkylation sites (N-methyl/N-ethyl adjacent to an activating group) is 1. The molecule has 1 aromatic rings. The number of hydrogen-bond donors (Lipinski definition) is 2. The number of aliphatic hydroxyl groups is 1. The number of nitrogens with one attached hydrogen (secondary N) is 1. The van der Waals surface area contributed by atoms with E-state index in [1.54, 1.807) is 0 Å². The van der Waals surface area contributed by atoms with Gasteiger partial charge in [-0.05, 0) is 71.7 Å². The van der Waals surface area contributed by atoms with Crippen molar-refractivity contribution in [3.8, 4) is 0 Å².